The van der Waals surface area contributed by atoms with Gasteiger partial charge in [0.05, 0.1) is 38.3 Å². The Balaban J connectivity index is 1.40. The first-order valence-corrected chi connectivity index (χ1v) is 10.2. The van der Waals surface area contributed by atoms with Crippen LogP contribution in [0.5, 0.6) is 5.75 Å². The van der Waals surface area contributed by atoms with Crippen LogP contribution in [0.4, 0.5) is 5.69 Å². The molecule has 3 aromatic rings. The fourth-order valence-electron chi connectivity index (χ4n) is 3.16. The number of nitrogens with zero attached hydrogens (tertiary/aromatic N) is 2. The predicted molar refractivity (Wildman–Crippen MR) is 119 cm³/mol. The predicted octanol–water partition coefficient (Wildman–Crippen LogP) is 4.52. The van der Waals surface area contributed by atoms with Crippen molar-refractivity contribution in [2.75, 3.05) is 31.4 Å². The maximum Gasteiger partial charge on any atom is 0.119 e. The average molecular weight is 402 g/mol. The van der Waals surface area contributed by atoms with E-state index in [4.69, 9.17) is 19.3 Å². The van der Waals surface area contributed by atoms with Gasteiger partial charge in [-0.2, -0.15) is 5.10 Å². The molecule has 0 amide bonds. The summed E-state index contributed by atoms with van der Waals surface area (Å²) in [6, 6.07) is 28.4. The summed E-state index contributed by atoms with van der Waals surface area (Å²) in [7, 11) is 0. The third-order valence-corrected chi connectivity index (χ3v) is 4.78. The first-order chi connectivity index (χ1) is 14.9. The van der Waals surface area contributed by atoms with Crippen molar-refractivity contribution in [1.82, 2.24) is 0 Å². The molecule has 154 valence electrons. The lowest BCUT2D eigenvalue weighted by Crippen LogP contribution is -2.33. The van der Waals surface area contributed by atoms with Gasteiger partial charge in [0, 0.05) is 0 Å². The molecule has 1 aliphatic rings. The molecule has 0 aromatic heterocycles. The number of benzene rings is 3. The fourth-order valence-corrected chi connectivity index (χ4v) is 3.16. The van der Waals surface area contributed by atoms with E-state index in [0.29, 0.717) is 33.0 Å². The van der Waals surface area contributed by atoms with Gasteiger partial charge in [-0.05, 0) is 47.5 Å². The molecule has 3 aromatic carbocycles. The first-order valence-electron chi connectivity index (χ1n) is 10.2. The lowest BCUT2D eigenvalue weighted by atomic mass is 10.2. The molecule has 1 heterocycles. The van der Waals surface area contributed by atoms with Gasteiger partial charge in [-0.3, -0.25) is 5.01 Å². The van der Waals surface area contributed by atoms with E-state index in [0.717, 1.165) is 17.0 Å². The van der Waals surface area contributed by atoms with Crippen LogP contribution in [0.1, 0.15) is 11.1 Å². The van der Waals surface area contributed by atoms with Crippen molar-refractivity contribution in [2.45, 2.75) is 12.6 Å². The Bertz CT molecular complexity index is 908. The number of hydrazone groups is 1. The van der Waals surface area contributed by atoms with E-state index >= 15 is 0 Å². The molecule has 0 N–H and O–H groups in total. The van der Waals surface area contributed by atoms with Crippen LogP contribution in [-0.2, 0) is 16.0 Å². The average Bonchev–Trinajstić information content (AvgIpc) is 2.83. The molecule has 0 unspecified atom stereocenters. The van der Waals surface area contributed by atoms with E-state index in [1.165, 1.54) is 5.56 Å². The SMILES string of the molecule is C(=N/N(Cc1ccccc1)c1ccccc1)/c1ccc(OC[C@H]2COCCO2)cc1. The molecular weight excluding hydrogens is 376 g/mol. The molecule has 4 rings (SSSR count). The van der Waals surface area contributed by atoms with Crippen molar-refractivity contribution in [3.8, 4) is 5.75 Å². The summed E-state index contributed by atoms with van der Waals surface area (Å²) >= 11 is 0. The van der Waals surface area contributed by atoms with E-state index in [1.807, 2.05) is 71.9 Å². The summed E-state index contributed by atoms with van der Waals surface area (Å²) in [6.45, 7) is 3.07. The Morgan fingerprint density at radius 1 is 0.900 bits per heavy atom. The number of hydrogen-bond acceptors (Lipinski definition) is 5. The Morgan fingerprint density at radius 3 is 2.33 bits per heavy atom. The monoisotopic (exact) mass is 402 g/mol. The van der Waals surface area contributed by atoms with Crippen LogP contribution >= 0.6 is 0 Å². The van der Waals surface area contributed by atoms with Crippen molar-refractivity contribution >= 4 is 11.9 Å². The molecule has 5 nitrogen and oxygen atoms in total. The van der Waals surface area contributed by atoms with Crippen LogP contribution in [0, 0.1) is 0 Å². The Hall–Kier alpha value is -3.15. The van der Waals surface area contributed by atoms with Gasteiger partial charge >= 0.3 is 0 Å². The van der Waals surface area contributed by atoms with Crippen LogP contribution in [0.2, 0.25) is 0 Å². The van der Waals surface area contributed by atoms with Gasteiger partial charge in [-0.15, -0.1) is 0 Å². The van der Waals surface area contributed by atoms with Gasteiger partial charge in [0.15, 0.2) is 0 Å². The number of ether oxygens (including phenoxy) is 3. The molecule has 1 atom stereocenters. The van der Waals surface area contributed by atoms with Crippen LogP contribution in [0.25, 0.3) is 0 Å². The van der Waals surface area contributed by atoms with E-state index in [9.17, 15) is 0 Å². The topological polar surface area (TPSA) is 43.3 Å². The number of rotatable bonds is 8. The smallest absolute Gasteiger partial charge is 0.119 e. The highest BCUT2D eigenvalue weighted by Crippen LogP contribution is 2.18. The third-order valence-electron chi connectivity index (χ3n) is 4.78. The van der Waals surface area contributed by atoms with Crippen LogP contribution in [-0.4, -0.2) is 38.7 Å². The second-order valence-electron chi connectivity index (χ2n) is 7.07. The van der Waals surface area contributed by atoms with Gasteiger partial charge in [0.1, 0.15) is 18.5 Å². The maximum atomic E-state index is 5.81. The van der Waals surface area contributed by atoms with Crippen molar-refractivity contribution < 1.29 is 14.2 Å². The van der Waals surface area contributed by atoms with Crippen LogP contribution < -0.4 is 9.75 Å². The van der Waals surface area contributed by atoms with Crippen molar-refractivity contribution in [1.29, 1.82) is 0 Å². The quantitative estimate of drug-likeness (QED) is 0.410. The van der Waals surface area contributed by atoms with Crippen molar-refractivity contribution in [2.24, 2.45) is 5.10 Å². The lowest BCUT2D eigenvalue weighted by Gasteiger charge is -2.22. The molecule has 0 saturated carbocycles. The summed E-state index contributed by atoms with van der Waals surface area (Å²) in [5.41, 5.74) is 3.26. The summed E-state index contributed by atoms with van der Waals surface area (Å²) < 4.78 is 16.8. The highest BCUT2D eigenvalue weighted by Gasteiger charge is 2.14. The van der Waals surface area contributed by atoms with Gasteiger partial charge in [0.25, 0.3) is 0 Å². The summed E-state index contributed by atoms with van der Waals surface area (Å²) in [6.07, 6.45) is 1.87. The Labute approximate surface area is 177 Å². The van der Waals surface area contributed by atoms with Gasteiger partial charge in [0.2, 0.25) is 0 Å². The maximum absolute atomic E-state index is 5.81. The zero-order chi connectivity index (χ0) is 20.4. The van der Waals surface area contributed by atoms with E-state index in [-0.39, 0.29) is 6.10 Å². The van der Waals surface area contributed by atoms with Crippen molar-refractivity contribution in [3.05, 3.63) is 96.1 Å². The summed E-state index contributed by atoms with van der Waals surface area (Å²) in [4.78, 5) is 0. The third kappa shape index (κ3) is 5.92. The molecular formula is C25H26N2O3. The van der Waals surface area contributed by atoms with Crippen LogP contribution in [0.3, 0.4) is 0 Å². The number of hydrogen-bond donors (Lipinski definition) is 0. The second-order valence-corrected chi connectivity index (χ2v) is 7.07. The number of anilines is 1. The highest BCUT2D eigenvalue weighted by molar-refractivity contribution is 5.80. The molecule has 1 aliphatic heterocycles. The van der Waals surface area contributed by atoms with Crippen molar-refractivity contribution in [3.63, 3.8) is 0 Å². The largest absolute Gasteiger partial charge is 0.491 e. The molecule has 1 fully saturated rings. The molecule has 5 heteroatoms. The Kier molecular flexibility index (Phi) is 7.10. The highest BCUT2D eigenvalue weighted by atomic mass is 16.6. The standard InChI is InChI=1S/C25H26N2O3/c1-3-7-22(8-4-1)18-27(23-9-5-2-6-10-23)26-17-21-11-13-24(14-12-21)30-20-25-19-28-15-16-29-25/h1-14,17,25H,15-16,18-20H2/b26-17-/t25-/m1/s1. The van der Waals surface area contributed by atoms with E-state index in [2.05, 4.69) is 24.3 Å². The Morgan fingerprint density at radius 2 is 1.63 bits per heavy atom. The molecule has 0 spiro atoms. The van der Waals surface area contributed by atoms with E-state index in [1.54, 1.807) is 0 Å². The minimum atomic E-state index is -0.00240. The minimum absolute atomic E-state index is 0.00240. The van der Waals surface area contributed by atoms with E-state index < -0.39 is 0 Å². The first kappa shape index (κ1) is 20.1. The summed E-state index contributed by atoms with van der Waals surface area (Å²) in [5, 5.41) is 6.74. The van der Waals surface area contributed by atoms with Gasteiger partial charge in [-0.1, -0.05) is 48.5 Å². The van der Waals surface area contributed by atoms with Crippen LogP contribution in [0.15, 0.2) is 90.0 Å². The normalized spacial score (nSPS) is 16.5. The molecule has 0 bridgehead atoms. The lowest BCUT2D eigenvalue weighted by molar-refractivity contribution is -0.101. The zero-order valence-corrected chi connectivity index (χ0v) is 16.9. The summed E-state index contributed by atoms with van der Waals surface area (Å²) in [5.74, 6) is 0.811. The zero-order valence-electron chi connectivity index (χ0n) is 16.9. The molecule has 1 saturated heterocycles. The van der Waals surface area contributed by atoms with Gasteiger partial charge < -0.3 is 14.2 Å². The fraction of sp³-hybridized carbons (Fsp3) is 0.240. The number of para-hydroxylation sites is 1. The second kappa shape index (κ2) is 10.6. The van der Waals surface area contributed by atoms with Gasteiger partial charge in [-0.25, -0.2) is 0 Å². The molecule has 30 heavy (non-hydrogen) atoms. The molecule has 0 aliphatic carbocycles. The minimum Gasteiger partial charge on any atom is -0.491 e. The molecule has 0 radical (unpaired) electrons.